The normalized spacial score (nSPS) is 11.8. The van der Waals surface area contributed by atoms with E-state index in [0.717, 1.165) is 5.56 Å². The summed E-state index contributed by atoms with van der Waals surface area (Å²) in [6, 6.07) is 20.4. The van der Waals surface area contributed by atoms with E-state index in [4.69, 9.17) is 11.6 Å². The van der Waals surface area contributed by atoms with Gasteiger partial charge >= 0.3 is 0 Å². The molecule has 0 unspecified atom stereocenters. The van der Waals surface area contributed by atoms with Gasteiger partial charge in [0.15, 0.2) is 0 Å². The number of carbonyl (C=O) groups is 1. The van der Waals surface area contributed by atoms with Crippen molar-refractivity contribution in [2.24, 2.45) is 0 Å². The third kappa shape index (κ3) is 4.92. The average molecular weight is 457 g/mol. The number of halogens is 1. The number of sulfonamides is 1. The smallest absolute Gasteiger partial charge is 0.264 e. The molecule has 0 heterocycles. The van der Waals surface area contributed by atoms with Crippen molar-refractivity contribution < 1.29 is 13.2 Å². The second-order valence-corrected chi connectivity index (χ2v) is 10.6. The third-order valence-corrected chi connectivity index (χ3v) is 7.06. The summed E-state index contributed by atoms with van der Waals surface area (Å²) in [7, 11) is -2.40. The topological polar surface area (TPSA) is 66.5 Å². The lowest BCUT2D eigenvalue weighted by atomic mass is 9.86. The van der Waals surface area contributed by atoms with E-state index in [1.54, 1.807) is 24.3 Å². The van der Waals surface area contributed by atoms with Crippen molar-refractivity contribution in [2.45, 2.75) is 31.1 Å². The first kappa shape index (κ1) is 22.8. The highest BCUT2D eigenvalue weighted by Gasteiger charge is 2.25. The number of carbonyl (C=O) groups excluding carboxylic acids is 1. The molecule has 0 fully saturated rings. The molecule has 0 atom stereocenters. The lowest BCUT2D eigenvalue weighted by Gasteiger charge is -2.23. The Hall–Kier alpha value is -2.83. The van der Waals surface area contributed by atoms with Crippen molar-refractivity contribution in [2.75, 3.05) is 16.7 Å². The van der Waals surface area contributed by atoms with Crippen LogP contribution in [0.25, 0.3) is 0 Å². The maximum atomic E-state index is 13.1. The Bertz CT molecular complexity index is 1200. The zero-order valence-electron chi connectivity index (χ0n) is 17.9. The molecule has 1 amide bonds. The predicted molar refractivity (Wildman–Crippen MR) is 127 cm³/mol. The van der Waals surface area contributed by atoms with Crippen molar-refractivity contribution in [1.29, 1.82) is 0 Å². The summed E-state index contributed by atoms with van der Waals surface area (Å²) in [4.78, 5) is 13.0. The van der Waals surface area contributed by atoms with Gasteiger partial charge in [-0.2, -0.15) is 0 Å². The van der Waals surface area contributed by atoms with Crippen molar-refractivity contribution in [3.05, 3.63) is 88.9 Å². The van der Waals surface area contributed by atoms with E-state index in [2.05, 4.69) is 26.1 Å². The third-order valence-electron chi connectivity index (χ3n) is 4.94. The molecule has 0 aromatic heterocycles. The molecule has 1 N–H and O–H groups in total. The van der Waals surface area contributed by atoms with Crippen molar-refractivity contribution >= 4 is 38.9 Å². The van der Waals surface area contributed by atoms with Gasteiger partial charge in [-0.25, -0.2) is 8.42 Å². The Labute approximate surface area is 188 Å². The van der Waals surface area contributed by atoms with Crippen LogP contribution in [0.2, 0.25) is 5.02 Å². The highest BCUT2D eigenvalue weighted by atomic mass is 35.5. The summed E-state index contributed by atoms with van der Waals surface area (Å²) in [6.07, 6.45) is 0. The summed E-state index contributed by atoms with van der Waals surface area (Å²) < 4.78 is 27.4. The summed E-state index contributed by atoms with van der Waals surface area (Å²) in [5.41, 5.74) is 2.05. The Kier molecular flexibility index (Phi) is 6.43. The van der Waals surface area contributed by atoms with E-state index < -0.39 is 15.9 Å². The zero-order valence-corrected chi connectivity index (χ0v) is 19.5. The van der Waals surface area contributed by atoms with Crippen molar-refractivity contribution in [1.82, 2.24) is 0 Å². The van der Waals surface area contributed by atoms with Gasteiger partial charge in [0.05, 0.1) is 21.2 Å². The van der Waals surface area contributed by atoms with Crippen LogP contribution in [-0.4, -0.2) is 21.4 Å². The molecule has 0 aliphatic heterocycles. The Morgan fingerprint density at radius 1 is 0.935 bits per heavy atom. The number of amides is 1. The molecule has 0 bridgehead atoms. The zero-order chi connectivity index (χ0) is 22.8. The van der Waals surface area contributed by atoms with Crippen LogP contribution in [0.1, 0.15) is 36.7 Å². The lowest BCUT2D eigenvalue weighted by Crippen LogP contribution is -2.27. The van der Waals surface area contributed by atoms with E-state index in [9.17, 15) is 13.2 Å². The molecule has 3 aromatic rings. The highest BCUT2D eigenvalue weighted by Crippen LogP contribution is 2.31. The number of rotatable bonds is 5. The van der Waals surface area contributed by atoms with Gasteiger partial charge in [0.2, 0.25) is 0 Å². The van der Waals surface area contributed by atoms with E-state index in [1.165, 1.54) is 29.6 Å². The van der Waals surface area contributed by atoms with Gasteiger partial charge in [-0.3, -0.25) is 9.10 Å². The summed E-state index contributed by atoms with van der Waals surface area (Å²) in [5, 5.41) is 3.06. The summed E-state index contributed by atoms with van der Waals surface area (Å²) in [5.74, 6) is -0.471. The molecule has 0 radical (unpaired) electrons. The van der Waals surface area contributed by atoms with Gasteiger partial charge in [0.25, 0.3) is 15.9 Å². The molecule has 0 aliphatic rings. The first-order valence-electron chi connectivity index (χ1n) is 9.76. The molecule has 7 heteroatoms. The molecule has 3 aromatic carbocycles. The van der Waals surface area contributed by atoms with Crippen LogP contribution >= 0.6 is 11.6 Å². The van der Waals surface area contributed by atoms with E-state index in [1.807, 2.05) is 30.3 Å². The second kappa shape index (κ2) is 8.73. The number of anilines is 2. The summed E-state index contributed by atoms with van der Waals surface area (Å²) in [6.45, 7) is 6.16. The fourth-order valence-electron chi connectivity index (χ4n) is 3.21. The molecule has 0 aliphatic carbocycles. The standard InChI is InChI=1S/C24H25ClN2O3S/c1-24(2,3)20-12-8-9-13-22(20)26-23(28)19-16-18(14-15-21(19)25)31(29,30)27(4)17-10-6-5-7-11-17/h5-16H,1-4H3,(H,26,28). The Morgan fingerprint density at radius 2 is 1.55 bits per heavy atom. The maximum Gasteiger partial charge on any atom is 0.264 e. The number of benzene rings is 3. The van der Waals surface area contributed by atoms with Crippen LogP contribution in [0.4, 0.5) is 11.4 Å². The Morgan fingerprint density at radius 3 is 2.19 bits per heavy atom. The predicted octanol–water partition coefficient (Wildman–Crippen LogP) is 5.71. The van der Waals surface area contributed by atoms with Crippen LogP contribution in [0.15, 0.2) is 77.7 Å². The first-order chi connectivity index (χ1) is 14.5. The molecular weight excluding hydrogens is 432 g/mol. The fraction of sp³-hybridized carbons (Fsp3) is 0.208. The number of para-hydroxylation sites is 2. The minimum atomic E-state index is -3.87. The fourth-order valence-corrected chi connectivity index (χ4v) is 4.64. The molecule has 0 saturated carbocycles. The van der Waals surface area contributed by atoms with Crippen LogP contribution in [0.5, 0.6) is 0 Å². The van der Waals surface area contributed by atoms with Crippen molar-refractivity contribution in [3.63, 3.8) is 0 Å². The largest absolute Gasteiger partial charge is 0.322 e. The molecule has 162 valence electrons. The Balaban J connectivity index is 1.96. The van der Waals surface area contributed by atoms with E-state index in [-0.39, 0.29) is 20.9 Å². The van der Waals surface area contributed by atoms with Gasteiger partial charge in [-0.1, -0.05) is 68.8 Å². The molecule has 5 nitrogen and oxygen atoms in total. The molecule has 0 spiro atoms. The van der Waals surface area contributed by atoms with Crippen LogP contribution in [0.3, 0.4) is 0 Å². The minimum absolute atomic E-state index is 0.0162. The minimum Gasteiger partial charge on any atom is -0.322 e. The van der Waals surface area contributed by atoms with Crippen LogP contribution < -0.4 is 9.62 Å². The summed E-state index contributed by atoms with van der Waals surface area (Å²) >= 11 is 6.26. The van der Waals surface area contributed by atoms with Gasteiger partial charge in [0.1, 0.15) is 0 Å². The van der Waals surface area contributed by atoms with E-state index in [0.29, 0.717) is 11.4 Å². The SMILES string of the molecule is CN(c1ccccc1)S(=O)(=O)c1ccc(Cl)c(C(=O)Nc2ccccc2C(C)(C)C)c1. The monoisotopic (exact) mass is 456 g/mol. The molecule has 3 rings (SSSR count). The molecular formula is C24H25ClN2O3S. The second-order valence-electron chi connectivity index (χ2n) is 8.20. The van der Waals surface area contributed by atoms with Crippen LogP contribution in [-0.2, 0) is 15.4 Å². The quantitative estimate of drug-likeness (QED) is 0.534. The number of nitrogens with one attached hydrogen (secondary N) is 1. The molecule has 0 saturated heterocycles. The van der Waals surface area contributed by atoms with Crippen molar-refractivity contribution in [3.8, 4) is 0 Å². The number of hydrogen-bond donors (Lipinski definition) is 1. The van der Waals surface area contributed by atoms with E-state index >= 15 is 0 Å². The average Bonchev–Trinajstić information content (AvgIpc) is 2.73. The molecule has 31 heavy (non-hydrogen) atoms. The first-order valence-corrected chi connectivity index (χ1v) is 11.6. The van der Waals surface area contributed by atoms with Gasteiger partial charge in [0, 0.05) is 12.7 Å². The van der Waals surface area contributed by atoms with Gasteiger partial charge < -0.3 is 5.32 Å². The van der Waals surface area contributed by atoms with Gasteiger partial charge in [-0.05, 0) is 47.4 Å². The number of nitrogens with zero attached hydrogens (tertiary/aromatic N) is 1. The van der Waals surface area contributed by atoms with Crippen LogP contribution in [0, 0.1) is 0 Å². The maximum absolute atomic E-state index is 13.1. The number of hydrogen-bond acceptors (Lipinski definition) is 3. The lowest BCUT2D eigenvalue weighted by molar-refractivity contribution is 0.102. The highest BCUT2D eigenvalue weighted by molar-refractivity contribution is 7.92. The van der Waals surface area contributed by atoms with Gasteiger partial charge in [-0.15, -0.1) is 0 Å².